The number of halogens is 5. The Balaban J connectivity index is 0.00000155. The Morgan fingerprint density at radius 2 is 1.77 bits per heavy atom. The minimum Gasteiger partial charge on any atom is -0.496 e. The lowest BCUT2D eigenvalue weighted by Crippen LogP contribution is -2.42. The Morgan fingerprint density at radius 1 is 1.13 bits per heavy atom. The number of methoxy groups -OCH3 is 1. The molecule has 1 atom stereocenters. The number of ether oxygens (including phenoxy) is 1. The number of alkyl halides is 5. The second kappa shape index (κ2) is 10.4. The summed E-state index contributed by atoms with van der Waals surface area (Å²) in [6.07, 6.45) is -0.708. The van der Waals surface area contributed by atoms with Gasteiger partial charge in [0.2, 0.25) is 5.92 Å². The summed E-state index contributed by atoms with van der Waals surface area (Å²) in [7, 11) is 1.21. The zero-order valence-electron chi connectivity index (χ0n) is 17.9. The van der Waals surface area contributed by atoms with E-state index in [2.05, 4.69) is 4.72 Å². The number of fused-ring (bicyclic) bond motifs is 1. The van der Waals surface area contributed by atoms with E-state index in [0.717, 1.165) is 38.7 Å². The van der Waals surface area contributed by atoms with Gasteiger partial charge in [0, 0.05) is 29.9 Å². The summed E-state index contributed by atoms with van der Waals surface area (Å²) in [5, 5.41) is 0. The molecule has 1 saturated carbocycles. The summed E-state index contributed by atoms with van der Waals surface area (Å²) < 4.78 is 75.4. The molecular weight excluding hydrogens is 423 g/mol. The first-order valence-electron chi connectivity index (χ1n) is 10.4. The second-order valence-electron chi connectivity index (χ2n) is 7.63. The maximum absolute atomic E-state index is 13.5. The molecule has 0 unspecified atom stereocenters. The van der Waals surface area contributed by atoms with Crippen LogP contribution in [0.2, 0.25) is 0 Å². The van der Waals surface area contributed by atoms with Gasteiger partial charge in [-0.1, -0.05) is 26.7 Å². The van der Waals surface area contributed by atoms with Crippen LogP contribution in [0, 0.1) is 0 Å². The van der Waals surface area contributed by atoms with Gasteiger partial charge in [0.25, 0.3) is 0 Å². The highest BCUT2D eigenvalue weighted by Gasteiger charge is 2.38. The maximum atomic E-state index is 13.5. The molecule has 3 nitrogen and oxygen atoms in total. The van der Waals surface area contributed by atoms with Gasteiger partial charge in [-0.15, -0.1) is 0 Å². The summed E-state index contributed by atoms with van der Waals surface area (Å²) in [6, 6.07) is 2.43. The third-order valence-corrected chi connectivity index (χ3v) is 6.34. The molecule has 1 aliphatic heterocycles. The standard InChI is InChI=1S/C19H25F5N2OS.C2H6/c1-18(20,21)8-7-12-11-26(13-5-3-4-6-13)15-9-14(19(22,23)24)16(27-2)10-17(15)28-25-12;1-2/h9-10,12-13,25H,3-8,11H2,1-2H3;1-2H3/t12-;/m1./s1. The predicted molar refractivity (Wildman–Crippen MR) is 112 cm³/mol. The zero-order valence-corrected chi connectivity index (χ0v) is 18.7. The highest BCUT2D eigenvalue weighted by molar-refractivity contribution is 7.97. The maximum Gasteiger partial charge on any atom is 0.420 e. The van der Waals surface area contributed by atoms with Crippen molar-refractivity contribution < 1.29 is 26.7 Å². The van der Waals surface area contributed by atoms with Crippen molar-refractivity contribution in [3.63, 3.8) is 0 Å². The van der Waals surface area contributed by atoms with Crippen molar-refractivity contribution in [2.75, 3.05) is 18.6 Å². The number of anilines is 1. The Labute approximate surface area is 179 Å². The van der Waals surface area contributed by atoms with Gasteiger partial charge in [0.05, 0.1) is 18.4 Å². The molecule has 0 radical (unpaired) electrons. The molecule has 0 aromatic heterocycles. The molecule has 2 aliphatic rings. The van der Waals surface area contributed by atoms with E-state index in [1.807, 2.05) is 18.7 Å². The van der Waals surface area contributed by atoms with Gasteiger partial charge in [-0.25, -0.2) is 8.78 Å². The van der Waals surface area contributed by atoms with Crippen molar-refractivity contribution in [2.24, 2.45) is 0 Å². The molecule has 1 aromatic rings. The summed E-state index contributed by atoms with van der Waals surface area (Å²) in [4.78, 5) is 2.62. The van der Waals surface area contributed by atoms with Crippen molar-refractivity contribution in [3.8, 4) is 5.75 Å². The van der Waals surface area contributed by atoms with Crippen LogP contribution in [-0.4, -0.2) is 31.7 Å². The van der Waals surface area contributed by atoms with E-state index in [1.165, 1.54) is 25.1 Å². The molecule has 30 heavy (non-hydrogen) atoms. The van der Waals surface area contributed by atoms with Crippen LogP contribution in [0.25, 0.3) is 0 Å². The lowest BCUT2D eigenvalue weighted by molar-refractivity contribution is -0.138. The average molecular weight is 455 g/mol. The van der Waals surface area contributed by atoms with Gasteiger partial charge in [0.1, 0.15) is 5.75 Å². The molecule has 0 amide bonds. The average Bonchev–Trinajstić information content (AvgIpc) is 3.15. The molecule has 1 aliphatic carbocycles. The summed E-state index contributed by atoms with van der Waals surface area (Å²) in [5.41, 5.74) is -0.306. The normalized spacial score (nSPS) is 20.3. The van der Waals surface area contributed by atoms with Gasteiger partial charge < -0.3 is 9.64 Å². The van der Waals surface area contributed by atoms with Crippen molar-refractivity contribution in [2.45, 2.75) is 88.4 Å². The molecule has 0 spiro atoms. The van der Waals surface area contributed by atoms with E-state index < -0.39 is 17.7 Å². The molecule has 9 heteroatoms. The molecule has 1 aromatic carbocycles. The third kappa shape index (κ3) is 6.39. The van der Waals surface area contributed by atoms with Crippen molar-refractivity contribution in [3.05, 3.63) is 17.7 Å². The van der Waals surface area contributed by atoms with Gasteiger partial charge >= 0.3 is 6.18 Å². The number of rotatable bonds is 5. The Hall–Kier alpha value is -1.22. The largest absolute Gasteiger partial charge is 0.496 e. The number of hydrogen-bond acceptors (Lipinski definition) is 4. The molecule has 172 valence electrons. The topological polar surface area (TPSA) is 24.5 Å². The number of hydrogen-bond donors (Lipinski definition) is 1. The van der Waals surface area contributed by atoms with E-state index in [1.54, 1.807) is 0 Å². The van der Waals surface area contributed by atoms with Gasteiger partial charge in [-0.2, -0.15) is 13.2 Å². The molecule has 0 bridgehead atoms. The van der Waals surface area contributed by atoms with Crippen LogP contribution < -0.4 is 14.4 Å². The van der Waals surface area contributed by atoms with Crippen molar-refractivity contribution >= 4 is 17.6 Å². The van der Waals surface area contributed by atoms with Crippen LogP contribution in [0.5, 0.6) is 5.75 Å². The number of nitrogens with zero attached hydrogens (tertiary/aromatic N) is 1. The summed E-state index contributed by atoms with van der Waals surface area (Å²) >= 11 is 1.20. The van der Waals surface area contributed by atoms with Crippen LogP contribution in [0.15, 0.2) is 17.0 Å². The number of nitrogens with one attached hydrogen (secondary N) is 1. The first-order valence-corrected chi connectivity index (χ1v) is 11.3. The van der Waals surface area contributed by atoms with Crippen molar-refractivity contribution in [1.29, 1.82) is 0 Å². The fourth-order valence-corrected chi connectivity index (χ4v) is 4.84. The summed E-state index contributed by atoms with van der Waals surface area (Å²) in [5.74, 6) is -3.00. The highest BCUT2D eigenvalue weighted by atomic mass is 32.2. The fourth-order valence-electron chi connectivity index (χ4n) is 3.91. The van der Waals surface area contributed by atoms with Crippen molar-refractivity contribution in [1.82, 2.24) is 4.72 Å². The Bertz CT molecular complexity index is 687. The fraction of sp³-hybridized carbons (Fsp3) is 0.714. The van der Waals surface area contributed by atoms with Gasteiger partial charge in [-0.05, 0) is 50.3 Å². The Kier molecular flexibility index (Phi) is 8.68. The molecule has 1 heterocycles. The van der Waals surface area contributed by atoms with Crippen LogP contribution >= 0.6 is 11.9 Å². The molecule has 3 rings (SSSR count). The second-order valence-corrected chi connectivity index (χ2v) is 8.51. The van der Waals surface area contributed by atoms with Crippen LogP contribution in [0.3, 0.4) is 0 Å². The molecular formula is C21H31F5N2OS. The van der Waals surface area contributed by atoms with Gasteiger partial charge in [0.15, 0.2) is 0 Å². The highest BCUT2D eigenvalue weighted by Crippen LogP contribution is 2.45. The van der Waals surface area contributed by atoms with E-state index >= 15 is 0 Å². The third-order valence-electron chi connectivity index (χ3n) is 5.35. The SMILES string of the molecule is CC.COc1cc2c(cc1C(F)(F)F)N(C1CCCC1)C[C@@H](CCC(C)(F)F)NS2. The minimum absolute atomic E-state index is 0.123. The minimum atomic E-state index is -4.53. The molecule has 0 saturated heterocycles. The predicted octanol–water partition coefficient (Wildman–Crippen LogP) is 6.90. The van der Waals surface area contributed by atoms with E-state index in [0.29, 0.717) is 17.1 Å². The van der Waals surface area contributed by atoms with E-state index in [-0.39, 0.29) is 30.7 Å². The Morgan fingerprint density at radius 3 is 2.30 bits per heavy atom. The summed E-state index contributed by atoms with van der Waals surface area (Å²) in [6.45, 7) is 5.30. The first kappa shape index (κ1) is 25.0. The van der Waals surface area contributed by atoms with Crippen LogP contribution in [0.1, 0.15) is 64.9 Å². The number of benzene rings is 1. The van der Waals surface area contributed by atoms with E-state index in [9.17, 15) is 22.0 Å². The first-order chi connectivity index (χ1) is 14.1. The van der Waals surface area contributed by atoms with Gasteiger partial charge in [-0.3, -0.25) is 4.72 Å². The van der Waals surface area contributed by atoms with Crippen LogP contribution in [-0.2, 0) is 6.18 Å². The lowest BCUT2D eigenvalue weighted by atomic mass is 10.0. The quantitative estimate of drug-likeness (QED) is 0.386. The molecule has 1 fully saturated rings. The smallest absolute Gasteiger partial charge is 0.420 e. The van der Waals surface area contributed by atoms with E-state index in [4.69, 9.17) is 4.74 Å². The van der Waals surface area contributed by atoms with Crippen LogP contribution in [0.4, 0.5) is 27.6 Å². The lowest BCUT2D eigenvalue weighted by Gasteiger charge is -2.33. The molecule has 1 N–H and O–H groups in total. The monoisotopic (exact) mass is 454 g/mol. The zero-order chi connectivity index (χ0) is 22.5.